The summed E-state index contributed by atoms with van der Waals surface area (Å²) in [5.74, 6) is -6.10. The third-order valence-corrected chi connectivity index (χ3v) is 6.88. The molecule has 3 rings (SSSR count). The monoisotopic (exact) mass is 466 g/mol. The molecule has 9 nitrogen and oxygen atoms in total. The lowest BCUT2D eigenvalue weighted by Gasteiger charge is -2.35. The third kappa shape index (κ3) is 5.39. The van der Waals surface area contributed by atoms with Crippen LogP contribution in [0.3, 0.4) is 0 Å². The number of nitrogens with zero attached hydrogens (tertiary/aromatic N) is 4. The van der Waals surface area contributed by atoms with E-state index >= 15 is 4.39 Å². The van der Waals surface area contributed by atoms with Crippen molar-refractivity contribution in [1.82, 2.24) is 14.8 Å². The number of amides is 1. The molecule has 0 unspecified atom stereocenters. The van der Waals surface area contributed by atoms with E-state index in [4.69, 9.17) is 9.47 Å². The Hall–Kier alpha value is -2.12. The smallest absolute Gasteiger partial charge is 0.409 e. The van der Waals surface area contributed by atoms with E-state index in [0.717, 1.165) is 0 Å². The first kappa shape index (κ1) is 23.5. The van der Waals surface area contributed by atoms with Crippen LogP contribution in [-0.2, 0) is 19.3 Å². The average Bonchev–Trinajstić information content (AvgIpc) is 2.76. The van der Waals surface area contributed by atoms with Crippen molar-refractivity contribution in [3.63, 3.8) is 0 Å². The van der Waals surface area contributed by atoms with E-state index in [9.17, 15) is 22.0 Å². The van der Waals surface area contributed by atoms with E-state index in [1.54, 1.807) is 11.8 Å². The van der Waals surface area contributed by atoms with Gasteiger partial charge in [0.25, 0.3) is 5.95 Å². The van der Waals surface area contributed by atoms with Crippen molar-refractivity contribution in [2.75, 3.05) is 76.3 Å². The SMILES string of the molecule is CCOC(=O)N1CCN(c2nc(F)c(F)c(S(=O)(=O)CCN3CCOCC3)c2F)CC1. The Morgan fingerprint density at radius 1 is 1.06 bits per heavy atom. The molecular weight excluding hydrogens is 441 g/mol. The zero-order valence-electron chi connectivity index (χ0n) is 17.2. The van der Waals surface area contributed by atoms with Gasteiger partial charge in [0.1, 0.15) is 4.90 Å². The van der Waals surface area contributed by atoms with E-state index < -0.39 is 50.0 Å². The molecule has 1 amide bonds. The van der Waals surface area contributed by atoms with Crippen molar-refractivity contribution < 1.29 is 35.9 Å². The molecule has 31 heavy (non-hydrogen) atoms. The molecule has 2 saturated heterocycles. The number of morpholine rings is 1. The van der Waals surface area contributed by atoms with Crippen molar-refractivity contribution >= 4 is 21.7 Å². The number of piperazine rings is 1. The molecule has 0 atom stereocenters. The van der Waals surface area contributed by atoms with Gasteiger partial charge < -0.3 is 19.3 Å². The Bertz CT molecular complexity index is 904. The maximum atomic E-state index is 15.1. The molecule has 0 spiro atoms. The van der Waals surface area contributed by atoms with Gasteiger partial charge >= 0.3 is 6.09 Å². The minimum Gasteiger partial charge on any atom is -0.450 e. The highest BCUT2D eigenvalue weighted by atomic mass is 32.2. The molecule has 3 heterocycles. The second-order valence-electron chi connectivity index (χ2n) is 7.13. The molecule has 0 radical (unpaired) electrons. The third-order valence-electron chi connectivity index (χ3n) is 5.18. The first-order valence-corrected chi connectivity index (χ1v) is 11.6. The first-order chi connectivity index (χ1) is 14.7. The Labute approximate surface area is 178 Å². The van der Waals surface area contributed by atoms with Crippen LogP contribution in [0.4, 0.5) is 23.8 Å². The molecule has 2 fully saturated rings. The standard InChI is InChI=1S/C18H25F3N4O5S/c1-2-30-18(26)25-5-3-24(4-6-25)17-14(20)15(13(19)16(21)22-17)31(27,28)12-9-23-7-10-29-11-8-23/h2-12H2,1H3. The van der Waals surface area contributed by atoms with Crippen LogP contribution in [0.5, 0.6) is 0 Å². The normalized spacial score (nSPS) is 18.3. The number of aromatic nitrogens is 1. The lowest BCUT2D eigenvalue weighted by atomic mass is 10.3. The summed E-state index contributed by atoms with van der Waals surface area (Å²) in [4.78, 5) is 18.3. The van der Waals surface area contributed by atoms with Gasteiger partial charge in [0.15, 0.2) is 27.3 Å². The number of pyridine rings is 1. The van der Waals surface area contributed by atoms with Crippen molar-refractivity contribution in [3.8, 4) is 0 Å². The van der Waals surface area contributed by atoms with Crippen LogP contribution in [0.1, 0.15) is 6.92 Å². The Morgan fingerprint density at radius 3 is 2.32 bits per heavy atom. The molecule has 0 aromatic carbocycles. The van der Waals surface area contributed by atoms with Gasteiger partial charge in [0.05, 0.1) is 25.6 Å². The van der Waals surface area contributed by atoms with Gasteiger partial charge in [0.2, 0.25) is 0 Å². The molecule has 13 heteroatoms. The summed E-state index contributed by atoms with van der Waals surface area (Å²) in [6.07, 6.45) is -0.535. The van der Waals surface area contributed by atoms with Gasteiger partial charge in [-0.1, -0.05) is 0 Å². The maximum Gasteiger partial charge on any atom is 0.409 e. The van der Waals surface area contributed by atoms with Crippen molar-refractivity contribution in [2.45, 2.75) is 11.8 Å². The van der Waals surface area contributed by atoms with Crippen LogP contribution < -0.4 is 4.90 Å². The Balaban J connectivity index is 1.79. The molecule has 0 N–H and O–H groups in total. The van der Waals surface area contributed by atoms with Crippen LogP contribution in [0.2, 0.25) is 0 Å². The summed E-state index contributed by atoms with van der Waals surface area (Å²) >= 11 is 0. The first-order valence-electron chi connectivity index (χ1n) is 9.98. The highest BCUT2D eigenvalue weighted by molar-refractivity contribution is 7.91. The quantitative estimate of drug-likeness (QED) is 0.571. The summed E-state index contributed by atoms with van der Waals surface area (Å²) in [5, 5.41) is 0. The summed E-state index contributed by atoms with van der Waals surface area (Å²) in [6, 6.07) is 0. The second kappa shape index (κ2) is 10.0. The molecule has 2 aliphatic rings. The molecule has 0 bridgehead atoms. The van der Waals surface area contributed by atoms with Crippen LogP contribution in [0, 0.1) is 17.6 Å². The van der Waals surface area contributed by atoms with Gasteiger partial charge in [0, 0.05) is 45.8 Å². The Kier molecular flexibility index (Phi) is 7.59. The van der Waals surface area contributed by atoms with Gasteiger partial charge in [-0.2, -0.15) is 9.37 Å². The van der Waals surface area contributed by atoms with Crippen LogP contribution in [-0.4, -0.2) is 101 Å². The molecule has 174 valence electrons. The number of sulfone groups is 1. The minimum absolute atomic E-state index is 0.0437. The summed E-state index contributed by atoms with van der Waals surface area (Å²) in [6.45, 7) is 4.17. The lowest BCUT2D eigenvalue weighted by molar-refractivity contribution is 0.0408. The zero-order valence-corrected chi connectivity index (χ0v) is 18.0. The van der Waals surface area contributed by atoms with E-state index in [0.29, 0.717) is 26.3 Å². The number of ether oxygens (including phenoxy) is 2. The zero-order chi connectivity index (χ0) is 22.6. The molecule has 0 saturated carbocycles. The molecule has 0 aliphatic carbocycles. The molecular formula is C18H25F3N4O5S. The highest BCUT2D eigenvalue weighted by Crippen LogP contribution is 2.29. The van der Waals surface area contributed by atoms with Crippen LogP contribution in [0.25, 0.3) is 0 Å². The lowest BCUT2D eigenvalue weighted by Crippen LogP contribution is -2.49. The fraction of sp³-hybridized carbons (Fsp3) is 0.667. The van der Waals surface area contributed by atoms with Gasteiger partial charge in [-0.05, 0) is 6.92 Å². The minimum atomic E-state index is -4.46. The number of anilines is 1. The number of carbonyl (C=O) groups is 1. The Morgan fingerprint density at radius 2 is 1.71 bits per heavy atom. The summed E-state index contributed by atoms with van der Waals surface area (Å²) in [5.41, 5.74) is 0. The number of carbonyl (C=O) groups excluding carboxylic acids is 1. The fourth-order valence-electron chi connectivity index (χ4n) is 3.46. The van der Waals surface area contributed by atoms with Gasteiger partial charge in [-0.3, -0.25) is 4.90 Å². The molecule has 1 aromatic heterocycles. The number of rotatable bonds is 6. The largest absolute Gasteiger partial charge is 0.450 e. The summed E-state index contributed by atoms with van der Waals surface area (Å²) in [7, 11) is -4.46. The van der Waals surface area contributed by atoms with Gasteiger partial charge in [-0.25, -0.2) is 22.0 Å². The summed E-state index contributed by atoms with van der Waals surface area (Å²) < 4.78 is 79.1. The van der Waals surface area contributed by atoms with E-state index in [1.807, 2.05) is 0 Å². The highest BCUT2D eigenvalue weighted by Gasteiger charge is 2.34. The fourth-order valence-corrected chi connectivity index (χ4v) is 4.88. The van der Waals surface area contributed by atoms with E-state index in [1.165, 1.54) is 9.80 Å². The molecule has 1 aromatic rings. The number of hydrogen-bond donors (Lipinski definition) is 0. The number of hydrogen-bond acceptors (Lipinski definition) is 8. The molecule has 2 aliphatic heterocycles. The number of halogens is 3. The van der Waals surface area contributed by atoms with Gasteiger partial charge in [-0.15, -0.1) is 0 Å². The predicted octanol–water partition coefficient (Wildman–Crippen LogP) is 0.883. The topological polar surface area (TPSA) is 92.3 Å². The van der Waals surface area contributed by atoms with Crippen LogP contribution in [0.15, 0.2) is 4.90 Å². The predicted molar refractivity (Wildman–Crippen MR) is 104 cm³/mol. The second-order valence-corrected chi connectivity index (χ2v) is 9.18. The van der Waals surface area contributed by atoms with Crippen LogP contribution >= 0.6 is 0 Å². The van der Waals surface area contributed by atoms with Crippen molar-refractivity contribution in [3.05, 3.63) is 17.6 Å². The van der Waals surface area contributed by atoms with E-state index in [-0.39, 0.29) is 39.3 Å². The van der Waals surface area contributed by atoms with Crippen molar-refractivity contribution in [2.24, 2.45) is 0 Å². The van der Waals surface area contributed by atoms with E-state index in [2.05, 4.69) is 4.98 Å². The van der Waals surface area contributed by atoms with Crippen molar-refractivity contribution in [1.29, 1.82) is 0 Å². The average molecular weight is 466 g/mol. The maximum absolute atomic E-state index is 15.1.